The molecule has 0 saturated heterocycles. The number of nitrogens with zero attached hydrogens (tertiary/aromatic N) is 3. The maximum atomic E-state index is 12.3. The van der Waals surface area contributed by atoms with E-state index in [-0.39, 0.29) is 11.5 Å². The molecule has 0 atom stereocenters. The van der Waals surface area contributed by atoms with Crippen LogP contribution in [0.2, 0.25) is 5.02 Å². The number of carbonyl (C=O) groups is 1. The molecule has 0 aliphatic rings. The Hall–Kier alpha value is -2.99. The summed E-state index contributed by atoms with van der Waals surface area (Å²) in [7, 11) is 0. The van der Waals surface area contributed by atoms with Crippen molar-refractivity contribution < 1.29 is 4.79 Å². The van der Waals surface area contributed by atoms with Crippen molar-refractivity contribution in [1.82, 2.24) is 15.0 Å². The zero-order valence-electron chi connectivity index (χ0n) is 11.9. The Morgan fingerprint density at radius 1 is 1.13 bits per heavy atom. The molecular weight excluding hydrogens is 314 g/mol. The minimum atomic E-state index is -0.446. The molecule has 0 fully saturated rings. The van der Waals surface area contributed by atoms with E-state index < -0.39 is 5.91 Å². The lowest BCUT2D eigenvalue weighted by atomic mass is 10.1. The van der Waals surface area contributed by atoms with E-state index in [1.807, 2.05) is 0 Å². The third kappa shape index (κ3) is 3.44. The van der Waals surface area contributed by atoms with Crippen LogP contribution in [-0.4, -0.2) is 20.9 Å². The van der Waals surface area contributed by atoms with Gasteiger partial charge in [0, 0.05) is 16.8 Å². The Morgan fingerprint density at radius 2 is 1.91 bits per heavy atom. The average molecular weight is 326 g/mol. The molecule has 2 aromatic heterocycles. The summed E-state index contributed by atoms with van der Waals surface area (Å²) >= 11 is 5.87. The summed E-state index contributed by atoms with van der Waals surface area (Å²) in [6.07, 6.45) is 4.66. The van der Waals surface area contributed by atoms with Gasteiger partial charge in [-0.1, -0.05) is 23.7 Å². The van der Waals surface area contributed by atoms with E-state index in [1.54, 1.807) is 42.6 Å². The van der Waals surface area contributed by atoms with E-state index in [9.17, 15) is 4.79 Å². The van der Waals surface area contributed by atoms with Gasteiger partial charge in [0.1, 0.15) is 0 Å². The van der Waals surface area contributed by atoms with Gasteiger partial charge in [0.25, 0.3) is 5.91 Å². The van der Waals surface area contributed by atoms with E-state index in [2.05, 4.69) is 20.3 Å². The number of benzene rings is 1. The van der Waals surface area contributed by atoms with Crippen LogP contribution < -0.4 is 11.1 Å². The summed E-state index contributed by atoms with van der Waals surface area (Å²) in [5.41, 5.74) is 7.71. The van der Waals surface area contributed by atoms with Gasteiger partial charge in [0.05, 0.1) is 23.8 Å². The molecule has 1 aromatic carbocycles. The molecule has 6 nitrogen and oxygen atoms in total. The van der Waals surface area contributed by atoms with Gasteiger partial charge in [-0.05, 0) is 24.3 Å². The molecule has 0 saturated carbocycles. The second-order valence-electron chi connectivity index (χ2n) is 4.69. The lowest BCUT2D eigenvalue weighted by Gasteiger charge is -2.08. The van der Waals surface area contributed by atoms with Gasteiger partial charge in [-0.3, -0.25) is 9.78 Å². The number of aromatic nitrogens is 3. The molecule has 114 valence electrons. The van der Waals surface area contributed by atoms with E-state index in [0.29, 0.717) is 16.4 Å². The molecule has 0 unspecified atom stereocenters. The third-order valence-corrected chi connectivity index (χ3v) is 3.33. The first-order chi connectivity index (χ1) is 11.1. The molecule has 3 aromatic rings. The van der Waals surface area contributed by atoms with Crippen molar-refractivity contribution in [2.45, 2.75) is 0 Å². The minimum absolute atomic E-state index is 0.0568. The molecule has 3 rings (SSSR count). The fourth-order valence-electron chi connectivity index (χ4n) is 1.95. The van der Waals surface area contributed by atoms with Gasteiger partial charge < -0.3 is 11.1 Å². The van der Waals surface area contributed by atoms with Crippen LogP contribution >= 0.6 is 11.6 Å². The average Bonchev–Trinajstić information content (AvgIpc) is 2.57. The largest absolute Gasteiger partial charge is 0.382 e. The van der Waals surface area contributed by atoms with Crippen molar-refractivity contribution in [1.29, 1.82) is 0 Å². The summed E-state index contributed by atoms with van der Waals surface area (Å²) in [5, 5.41) is 3.30. The first kappa shape index (κ1) is 14.9. The number of hydrogen-bond acceptors (Lipinski definition) is 5. The standard InChI is InChI=1S/C16H12ClN5O/c17-11-5-3-10(4-6-11)13-9-20-15(18)14(22-13)16(23)21-12-2-1-7-19-8-12/h1-9H,(H2,18,20)(H,21,23). The normalized spacial score (nSPS) is 10.3. The molecule has 1 amide bonds. The Balaban J connectivity index is 1.91. The molecular formula is C16H12ClN5O. The number of nitrogen functional groups attached to an aromatic ring is 1. The van der Waals surface area contributed by atoms with Gasteiger partial charge >= 0.3 is 0 Å². The molecule has 2 heterocycles. The summed E-state index contributed by atoms with van der Waals surface area (Å²) < 4.78 is 0. The minimum Gasteiger partial charge on any atom is -0.382 e. The summed E-state index contributed by atoms with van der Waals surface area (Å²) in [5.74, 6) is -0.386. The maximum absolute atomic E-state index is 12.3. The quantitative estimate of drug-likeness (QED) is 0.772. The van der Waals surface area contributed by atoms with E-state index >= 15 is 0 Å². The molecule has 0 aliphatic heterocycles. The second kappa shape index (κ2) is 6.41. The Bertz CT molecular complexity index is 837. The van der Waals surface area contributed by atoms with Crippen molar-refractivity contribution >= 4 is 29.0 Å². The van der Waals surface area contributed by atoms with E-state index in [1.165, 1.54) is 12.4 Å². The first-order valence-corrected chi connectivity index (χ1v) is 7.11. The van der Waals surface area contributed by atoms with Crippen LogP contribution in [0.5, 0.6) is 0 Å². The van der Waals surface area contributed by atoms with E-state index in [4.69, 9.17) is 17.3 Å². The maximum Gasteiger partial charge on any atom is 0.278 e. The highest BCUT2D eigenvalue weighted by Gasteiger charge is 2.15. The zero-order chi connectivity index (χ0) is 16.2. The number of amides is 1. The number of rotatable bonds is 3. The van der Waals surface area contributed by atoms with Crippen LogP contribution in [0.15, 0.2) is 55.0 Å². The Kier molecular flexibility index (Phi) is 4.16. The Labute approximate surface area is 137 Å². The van der Waals surface area contributed by atoms with Gasteiger partial charge in [-0.2, -0.15) is 0 Å². The number of hydrogen-bond donors (Lipinski definition) is 2. The Morgan fingerprint density at radius 3 is 2.61 bits per heavy atom. The summed E-state index contributed by atoms with van der Waals surface area (Å²) in [6, 6.07) is 10.5. The topological polar surface area (TPSA) is 93.8 Å². The number of carbonyl (C=O) groups excluding carboxylic acids is 1. The number of nitrogens with two attached hydrogens (primary N) is 1. The summed E-state index contributed by atoms with van der Waals surface area (Å²) in [4.78, 5) is 24.6. The lowest BCUT2D eigenvalue weighted by molar-refractivity contribution is 0.102. The van der Waals surface area contributed by atoms with Crippen molar-refractivity contribution in [3.05, 3.63) is 65.7 Å². The highest BCUT2D eigenvalue weighted by Crippen LogP contribution is 2.21. The smallest absolute Gasteiger partial charge is 0.278 e. The van der Waals surface area contributed by atoms with Gasteiger partial charge in [-0.15, -0.1) is 0 Å². The first-order valence-electron chi connectivity index (χ1n) is 6.73. The second-order valence-corrected chi connectivity index (χ2v) is 5.13. The van der Waals surface area contributed by atoms with Crippen LogP contribution in [0.4, 0.5) is 11.5 Å². The van der Waals surface area contributed by atoms with Crippen molar-refractivity contribution in [3.63, 3.8) is 0 Å². The monoisotopic (exact) mass is 325 g/mol. The molecule has 3 N–H and O–H groups in total. The number of pyridine rings is 1. The highest BCUT2D eigenvalue weighted by atomic mass is 35.5. The molecule has 0 aliphatic carbocycles. The van der Waals surface area contributed by atoms with Gasteiger partial charge in [0.15, 0.2) is 11.5 Å². The highest BCUT2D eigenvalue weighted by molar-refractivity contribution is 6.30. The fourth-order valence-corrected chi connectivity index (χ4v) is 2.08. The predicted octanol–water partition coefficient (Wildman–Crippen LogP) is 3.03. The SMILES string of the molecule is Nc1ncc(-c2ccc(Cl)cc2)nc1C(=O)Nc1cccnc1. The molecule has 0 bridgehead atoms. The molecule has 7 heteroatoms. The van der Waals surface area contributed by atoms with Crippen molar-refractivity contribution in [2.75, 3.05) is 11.1 Å². The molecule has 0 radical (unpaired) electrons. The summed E-state index contributed by atoms with van der Waals surface area (Å²) in [6.45, 7) is 0. The van der Waals surface area contributed by atoms with Crippen molar-refractivity contribution in [2.24, 2.45) is 0 Å². The lowest BCUT2D eigenvalue weighted by Crippen LogP contribution is -2.17. The number of halogens is 1. The van der Waals surface area contributed by atoms with Crippen LogP contribution in [0, 0.1) is 0 Å². The van der Waals surface area contributed by atoms with E-state index in [0.717, 1.165) is 5.56 Å². The van der Waals surface area contributed by atoms with Gasteiger partial charge in [0.2, 0.25) is 0 Å². The van der Waals surface area contributed by atoms with Crippen LogP contribution in [0.3, 0.4) is 0 Å². The van der Waals surface area contributed by atoms with Crippen molar-refractivity contribution in [3.8, 4) is 11.3 Å². The molecule has 0 spiro atoms. The third-order valence-electron chi connectivity index (χ3n) is 3.08. The van der Waals surface area contributed by atoms with Crippen LogP contribution in [-0.2, 0) is 0 Å². The van der Waals surface area contributed by atoms with Gasteiger partial charge in [-0.25, -0.2) is 9.97 Å². The molecule has 23 heavy (non-hydrogen) atoms. The predicted molar refractivity (Wildman–Crippen MR) is 89.1 cm³/mol. The zero-order valence-corrected chi connectivity index (χ0v) is 12.7. The van der Waals surface area contributed by atoms with Crippen LogP contribution in [0.25, 0.3) is 11.3 Å². The number of anilines is 2. The number of nitrogens with one attached hydrogen (secondary N) is 1. The fraction of sp³-hybridized carbons (Fsp3) is 0. The van der Waals surface area contributed by atoms with Crippen LogP contribution in [0.1, 0.15) is 10.5 Å².